The summed E-state index contributed by atoms with van der Waals surface area (Å²) in [5.74, 6) is 0.277. The molecule has 19 heavy (non-hydrogen) atoms. The topological polar surface area (TPSA) is 20.2 Å². The van der Waals surface area contributed by atoms with Crippen LogP contribution in [0.15, 0.2) is 48.6 Å². The number of rotatable bonds is 1. The quantitative estimate of drug-likeness (QED) is 0.749. The molecule has 1 heteroatoms. The Balaban J connectivity index is 2.19. The zero-order valence-electron chi connectivity index (χ0n) is 12.0. The fraction of sp³-hybridized carbons (Fsp3) is 0.444. The Kier molecular flexibility index (Phi) is 2.56. The Morgan fingerprint density at radius 1 is 1.16 bits per heavy atom. The molecule has 2 bridgehead atoms. The third kappa shape index (κ3) is 1.58. The van der Waals surface area contributed by atoms with Gasteiger partial charge in [-0.2, -0.15) is 0 Å². The molecule has 1 aromatic carbocycles. The second kappa shape index (κ2) is 3.83. The smallest absolute Gasteiger partial charge is 0.0696 e. The van der Waals surface area contributed by atoms with Gasteiger partial charge in [0, 0.05) is 16.7 Å². The number of hydrogen-bond acceptors (Lipinski definition) is 1. The molecule has 0 saturated heterocycles. The molecule has 0 aromatic heterocycles. The SMILES string of the molecule is C=C1C[C@@]2(C)C(c3ccccc3)=C[C@@H]1C(C)(C)[C@@H]2O. The second-order valence-corrected chi connectivity index (χ2v) is 6.90. The average molecular weight is 254 g/mol. The van der Waals surface area contributed by atoms with E-state index in [1.165, 1.54) is 16.7 Å². The van der Waals surface area contributed by atoms with Crippen molar-refractivity contribution in [2.24, 2.45) is 16.7 Å². The first-order valence-corrected chi connectivity index (χ1v) is 7.01. The van der Waals surface area contributed by atoms with Gasteiger partial charge in [0.15, 0.2) is 0 Å². The summed E-state index contributed by atoms with van der Waals surface area (Å²) < 4.78 is 0. The predicted molar refractivity (Wildman–Crippen MR) is 79.6 cm³/mol. The molecule has 4 rings (SSSR count). The highest BCUT2D eigenvalue weighted by atomic mass is 16.3. The molecule has 0 spiro atoms. The van der Waals surface area contributed by atoms with Crippen molar-refractivity contribution in [1.82, 2.24) is 0 Å². The molecule has 100 valence electrons. The normalized spacial score (nSPS) is 36.2. The van der Waals surface area contributed by atoms with E-state index < -0.39 is 0 Å². The van der Waals surface area contributed by atoms with Crippen molar-refractivity contribution in [2.45, 2.75) is 33.3 Å². The number of aliphatic hydroxyl groups excluding tert-OH is 1. The van der Waals surface area contributed by atoms with Gasteiger partial charge in [0.25, 0.3) is 0 Å². The van der Waals surface area contributed by atoms with Gasteiger partial charge >= 0.3 is 0 Å². The first kappa shape index (κ1) is 12.7. The highest BCUT2D eigenvalue weighted by Crippen LogP contribution is 2.61. The third-order valence-corrected chi connectivity index (χ3v) is 5.18. The van der Waals surface area contributed by atoms with Crippen LogP contribution in [0, 0.1) is 16.7 Å². The van der Waals surface area contributed by atoms with Crippen LogP contribution in [-0.2, 0) is 0 Å². The Morgan fingerprint density at radius 2 is 1.79 bits per heavy atom. The van der Waals surface area contributed by atoms with Crippen LogP contribution in [0.4, 0.5) is 0 Å². The van der Waals surface area contributed by atoms with Gasteiger partial charge in [0.05, 0.1) is 6.10 Å². The predicted octanol–water partition coefficient (Wildman–Crippen LogP) is 4.05. The molecule has 0 radical (unpaired) electrons. The highest BCUT2D eigenvalue weighted by Gasteiger charge is 2.56. The summed E-state index contributed by atoms with van der Waals surface area (Å²) in [7, 11) is 0. The number of benzene rings is 1. The molecule has 0 amide bonds. The zero-order valence-corrected chi connectivity index (χ0v) is 12.0. The van der Waals surface area contributed by atoms with Crippen LogP contribution < -0.4 is 0 Å². The maximum Gasteiger partial charge on any atom is 0.0696 e. The zero-order chi connectivity index (χ0) is 13.8. The standard InChI is InChI=1S/C18H22O/c1-12-11-18(4)15(13-8-6-5-7-9-13)10-14(12)17(2,3)16(18)19/h5-10,14,16,19H,1,11H2,2-4H3/t14-,16-,18-/m0/s1. The van der Waals surface area contributed by atoms with Crippen molar-refractivity contribution in [1.29, 1.82) is 0 Å². The van der Waals surface area contributed by atoms with Gasteiger partial charge in [-0.15, -0.1) is 0 Å². The largest absolute Gasteiger partial charge is 0.392 e. The van der Waals surface area contributed by atoms with Crippen molar-refractivity contribution in [3.05, 3.63) is 54.1 Å². The lowest BCUT2D eigenvalue weighted by Gasteiger charge is -2.58. The Labute approximate surface area is 115 Å². The molecule has 1 saturated carbocycles. The van der Waals surface area contributed by atoms with Crippen molar-refractivity contribution >= 4 is 5.57 Å². The van der Waals surface area contributed by atoms with E-state index in [0.717, 1.165) is 6.42 Å². The van der Waals surface area contributed by atoms with Gasteiger partial charge in [-0.1, -0.05) is 69.3 Å². The molecule has 3 atom stereocenters. The second-order valence-electron chi connectivity index (χ2n) is 6.90. The van der Waals surface area contributed by atoms with Crippen LogP contribution in [0.2, 0.25) is 0 Å². The Morgan fingerprint density at radius 3 is 2.42 bits per heavy atom. The first-order valence-electron chi connectivity index (χ1n) is 7.01. The molecule has 1 nitrogen and oxygen atoms in total. The van der Waals surface area contributed by atoms with Crippen LogP contribution in [0.5, 0.6) is 0 Å². The number of hydrogen-bond donors (Lipinski definition) is 1. The summed E-state index contributed by atoms with van der Waals surface area (Å²) in [6.07, 6.45) is 2.91. The molecule has 1 N–H and O–H groups in total. The Bertz CT molecular complexity index is 552. The lowest BCUT2D eigenvalue weighted by Crippen LogP contribution is -2.55. The van der Waals surface area contributed by atoms with E-state index in [4.69, 9.17) is 0 Å². The van der Waals surface area contributed by atoms with E-state index in [2.05, 4.69) is 57.7 Å². The van der Waals surface area contributed by atoms with Crippen LogP contribution in [0.3, 0.4) is 0 Å². The molecule has 3 aliphatic carbocycles. The fourth-order valence-electron chi connectivity index (χ4n) is 4.17. The minimum atomic E-state index is -0.323. The van der Waals surface area contributed by atoms with Crippen LogP contribution in [-0.4, -0.2) is 11.2 Å². The van der Waals surface area contributed by atoms with Crippen LogP contribution >= 0.6 is 0 Å². The molecule has 0 unspecified atom stereocenters. The number of aliphatic hydroxyl groups is 1. The van der Waals surface area contributed by atoms with Crippen molar-refractivity contribution in [3.8, 4) is 0 Å². The number of fused-ring (bicyclic) bond motifs is 2. The Hall–Kier alpha value is -1.34. The minimum absolute atomic E-state index is 0.123. The maximum absolute atomic E-state index is 10.9. The van der Waals surface area contributed by atoms with E-state index in [9.17, 15) is 5.11 Å². The summed E-state index contributed by atoms with van der Waals surface area (Å²) in [4.78, 5) is 0. The van der Waals surface area contributed by atoms with E-state index in [-0.39, 0.29) is 22.9 Å². The van der Waals surface area contributed by atoms with Gasteiger partial charge < -0.3 is 5.11 Å². The molecule has 0 heterocycles. The highest BCUT2D eigenvalue weighted by molar-refractivity contribution is 5.75. The maximum atomic E-state index is 10.9. The van der Waals surface area contributed by atoms with Gasteiger partial charge in [-0.3, -0.25) is 0 Å². The lowest BCUT2D eigenvalue weighted by molar-refractivity contribution is -0.0660. The summed E-state index contributed by atoms with van der Waals surface area (Å²) in [5, 5.41) is 10.9. The molecule has 1 aromatic rings. The minimum Gasteiger partial charge on any atom is -0.392 e. The van der Waals surface area contributed by atoms with Crippen LogP contribution in [0.1, 0.15) is 32.8 Å². The van der Waals surface area contributed by atoms with E-state index in [1.807, 2.05) is 6.07 Å². The van der Waals surface area contributed by atoms with E-state index in [0.29, 0.717) is 0 Å². The average Bonchev–Trinajstić information content (AvgIpc) is 2.37. The molecule has 3 aliphatic rings. The van der Waals surface area contributed by atoms with Crippen LogP contribution in [0.25, 0.3) is 5.57 Å². The van der Waals surface area contributed by atoms with Crippen molar-refractivity contribution < 1.29 is 5.11 Å². The first-order chi connectivity index (χ1) is 8.87. The van der Waals surface area contributed by atoms with E-state index in [1.54, 1.807) is 0 Å². The van der Waals surface area contributed by atoms with Gasteiger partial charge in [-0.25, -0.2) is 0 Å². The number of allylic oxidation sites excluding steroid dienone is 2. The fourth-order valence-corrected chi connectivity index (χ4v) is 4.17. The van der Waals surface area contributed by atoms with Gasteiger partial charge in [0.1, 0.15) is 0 Å². The van der Waals surface area contributed by atoms with Crippen molar-refractivity contribution in [3.63, 3.8) is 0 Å². The molecular formula is C18H22O. The lowest BCUT2D eigenvalue weighted by atomic mass is 9.48. The summed E-state index contributed by atoms with van der Waals surface area (Å²) >= 11 is 0. The monoisotopic (exact) mass is 254 g/mol. The molecular weight excluding hydrogens is 232 g/mol. The van der Waals surface area contributed by atoms with Gasteiger partial charge in [0.2, 0.25) is 0 Å². The van der Waals surface area contributed by atoms with Gasteiger partial charge in [-0.05, 0) is 17.6 Å². The van der Waals surface area contributed by atoms with E-state index >= 15 is 0 Å². The summed E-state index contributed by atoms with van der Waals surface area (Å²) in [5.41, 5.74) is 3.45. The summed E-state index contributed by atoms with van der Waals surface area (Å²) in [6, 6.07) is 10.4. The third-order valence-electron chi connectivity index (χ3n) is 5.18. The summed E-state index contributed by atoms with van der Waals surface area (Å²) in [6.45, 7) is 10.7. The molecule has 0 aliphatic heterocycles. The van der Waals surface area contributed by atoms with Crippen molar-refractivity contribution in [2.75, 3.05) is 0 Å². The molecule has 1 fully saturated rings.